The van der Waals surface area contributed by atoms with Gasteiger partial charge in [-0.15, -0.1) is 11.6 Å². The van der Waals surface area contributed by atoms with Crippen molar-refractivity contribution in [3.63, 3.8) is 0 Å². The van der Waals surface area contributed by atoms with E-state index < -0.39 is 16.7 Å². The van der Waals surface area contributed by atoms with Crippen LogP contribution in [0.5, 0.6) is 0 Å². The second kappa shape index (κ2) is 2.81. The normalized spacial score (nSPS) is 29.3. The predicted molar refractivity (Wildman–Crippen MR) is 48.5 cm³/mol. The maximum absolute atomic E-state index is 13.1. The molecule has 1 saturated carbocycles. The Balaban J connectivity index is 1.94. The molecule has 0 bridgehead atoms. The van der Waals surface area contributed by atoms with Gasteiger partial charge in [-0.05, 0) is 13.3 Å². The Hall–Kier alpha value is -0.380. The van der Waals surface area contributed by atoms with Gasteiger partial charge in [0.2, 0.25) is 5.91 Å². The van der Waals surface area contributed by atoms with Crippen LogP contribution in [-0.2, 0) is 4.79 Å². The van der Waals surface area contributed by atoms with Crippen molar-refractivity contribution < 1.29 is 13.6 Å². The molecule has 1 amide bonds. The van der Waals surface area contributed by atoms with Gasteiger partial charge in [-0.2, -0.15) is 0 Å². The molecule has 1 saturated heterocycles. The van der Waals surface area contributed by atoms with Gasteiger partial charge in [0.25, 0.3) is 5.92 Å². The summed E-state index contributed by atoms with van der Waals surface area (Å²) in [4.78, 5) is 12.7. The number of alkyl halides is 3. The van der Waals surface area contributed by atoms with E-state index in [1.54, 1.807) is 6.92 Å². The number of carbonyl (C=O) groups is 1. The summed E-state index contributed by atoms with van der Waals surface area (Å²) in [6.45, 7) is 1.92. The minimum Gasteiger partial charge on any atom is -0.340 e. The smallest absolute Gasteiger partial charge is 0.257 e. The summed E-state index contributed by atoms with van der Waals surface area (Å²) in [7, 11) is 0. The Bertz CT molecular complexity index is 274. The molecule has 2 fully saturated rings. The van der Waals surface area contributed by atoms with E-state index in [2.05, 4.69) is 0 Å². The zero-order chi connectivity index (χ0) is 10.6. The zero-order valence-corrected chi connectivity index (χ0v) is 8.65. The van der Waals surface area contributed by atoms with Crippen LogP contribution in [0.25, 0.3) is 0 Å². The highest BCUT2D eigenvalue weighted by atomic mass is 35.5. The van der Waals surface area contributed by atoms with Crippen LogP contribution in [0.3, 0.4) is 0 Å². The zero-order valence-electron chi connectivity index (χ0n) is 7.90. The van der Waals surface area contributed by atoms with Crippen molar-refractivity contribution in [2.45, 2.75) is 31.1 Å². The van der Waals surface area contributed by atoms with Gasteiger partial charge in [0.15, 0.2) is 0 Å². The summed E-state index contributed by atoms with van der Waals surface area (Å²) in [6.07, 6.45) is 0.492. The van der Waals surface area contributed by atoms with Crippen LogP contribution in [0.2, 0.25) is 0 Å². The molecule has 0 aromatic heterocycles. The molecule has 1 unspecified atom stereocenters. The molecular weight excluding hydrogens is 212 g/mol. The van der Waals surface area contributed by atoms with Gasteiger partial charge in [-0.3, -0.25) is 4.79 Å². The van der Waals surface area contributed by atoms with Crippen molar-refractivity contribution in [1.82, 2.24) is 4.90 Å². The Labute approximate surface area is 86.2 Å². The molecule has 1 heterocycles. The number of hydrogen-bond donors (Lipinski definition) is 0. The first-order valence-electron chi connectivity index (χ1n) is 4.69. The van der Waals surface area contributed by atoms with Crippen LogP contribution < -0.4 is 0 Å². The quantitative estimate of drug-likeness (QED) is 0.622. The van der Waals surface area contributed by atoms with Crippen LogP contribution in [0.4, 0.5) is 8.78 Å². The van der Waals surface area contributed by atoms with E-state index in [9.17, 15) is 13.6 Å². The molecule has 1 spiro atoms. The second-order valence-corrected chi connectivity index (χ2v) is 4.95. The third-order valence-electron chi connectivity index (χ3n) is 3.33. The summed E-state index contributed by atoms with van der Waals surface area (Å²) in [5.41, 5.74) is -0.908. The lowest BCUT2D eigenvalue weighted by Crippen LogP contribution is -2.71. The highest BCUT2D eigenvalue weighted by Gasteiger charge is 2.67. The lowest BCUT2D eigenvalue weighted by atomic mass is 9.60. The number of hydrogen-bond acceptors (Lipinski definition) is 1. The summed E-state index contributed by atoms with van der Waals surface area (Å²) in [5.74, 6) is -2.81. The molecule has 0 aromatic rings. The molecule has 5 heteroatoms. The number of carbonyl (C=O) groups excluding carboxylic acids is 1. The van der Waals surface area contributed by atoms with Crippen molar-refractivity contribution in [2.24, 2.45) is 5.41 Å². The number of rotatable bonds is 1. The minimum absolute atomic E-state index is 0.0363. The van der Waals surface area contributed by atoms with Gasteiger partial charge in [-0.1, -0.05) is 0 Å². The van der Waals surface area contributed by atoms with Crippen molar-refractivity contribution >= 4 is 17.5 Å². The second-order valence-electron chi connectivity index (χ2n) is 4.30. The van der Waals surface area contributed by atoms with E-state index >= 15 is 0 Å². The molecule has 0 aromatic carbocycles. The fourth-order valence-corrected chi connectivity index (χ4v) is 2.29. The summed E-state index contributed by atoms with van der Waals surface area (Å²) >= 11 is 5.58. The number of likely N-dealkylation sites (tertiary alicyclic amines) is 1. The third-order valence-corrected chi connectivity index (χ3v) is 3.52. The molecule has 1 atom stereocenters. The first-order valence-corrected chi connectivity index (χ1v) is 5.12. The molecule has 2 nitrogen and oxygen atoms in total. The average Bonchev–Trinajstić information content (AvgIpc) is 1.99. The molecule has 2 aliphatic rings. The Kier molecular flexibility index (Phi) is 2.04. The Morgan fingerprint density at radius 2 is 2.00 bits per heavy atom. The van der Waals surface area contributed by atoms with Crippen LogP contribution in [-0.4, -0.2) is 35.2 Å². The van der Waals surface area contributed by atoms with Gasteiger partial charge in [0.05, 0.1) is 5.41 Å². The van der Waals surface area contributed by atoms with Crippen LogP contribution in [0, 0.1) is 5.41 Å². The van der Waals surface area contributed by atoms with Crippen LogP contribution >= 0.6 is 11.6 Å². The van der Waals surface area contributed by atoms with Gasteiger partial charge in [0, 0.05) is 19.5 Å². The van der Waals surface area contributed by atoms with Crippen LogP contribution in [0.1, 0.15) is 19.8 Å². The molecule has 80 valence electrons. The van der Waals surface area contributed by atoms with Gasteiger partial charge < -0.3 is 4.90 Å². The van der Waals surface area contributed by atoms with E-state index in [4.69, 9.17) is 11.6 Å². The van der Waals surface area contributed by atoms with E-state index in [-0.39, 0.29) is 25.4 Å². The van der Waals surface area contributed by atoms with E-state index in [0.717, 1.165) is 0 Å². The van der Waals surface area contributed by atoms with Crippen LogP contribution in [0.15, 0.2) is 0 Å². The number of nitrogens with zero attached hydrogens (tertiary/aromatic N) is 1. The molecule has 1 aliphatic heterocycles. The summed E-state index contributed by atoms with van der Waals surface area (Å²) < 4.78 is 26.2. The topological polar surface area (TPSA) is 20.3 Å². The first-order chi connectivity index (χ1) is 6.38. The predicted octanol–water partition coefficient (Wildman–Crippen LogP) is 1.87. The maximum atomic E-state index is 13.1. The fourth-order valence-electron chi connectivity index (χ4n) is 2.15. The molecule has 0 N–H and O–H groups in total. The molecule has 14 heavy (non-hydrogen) atoms. The van der Waals surface area contributed by atoms with Crippen molar-refractivity contribution in [3.8, 4) is 0 Å². The molecule has 0 radical (unpaired) electrons. The van der Waals surface area contributed by atoms with Gasteiger partial charge in [-0.25, -0.2) is 8.78 Å². The lowest BCUT2D eigenvalue weighted by molar-refractivity contribution is -0.254. The molecular formula is C9H12ClF2NO. The number of amides is 1. The standard InChI is InChI=1S/C9H12ClF2NO/c1-6(10)7(14)13-4-8(5-13)2-3-9(8,11)12/h6H,2-5H2,1H3. The lowest BCUT2D eigenvalue weighted by Gasteiger charge is -2.60. The van der Waals surface area contributed by atoms with Crippen molar-refractivity contribution in [3.05, 3.63) is 0 Å². The highest BCUT2D eigenvalue weighted by molar-refractivity contribution is 6.30. The first kappa shape index (κ1) is 10.1. The molecule has 1 aliphatic carbocycles. The minimum atomic E-state index is -2.57. The van der Waals surface area contributed by atoms with Gasteiger partial charge in [0.1, 0.15) is 5.38 Å². The fraction of sp³-hybridized carbons (Fsp3) is 0.889. The Morgan fingerprint density at radius 1 is 1.43 bits per heavy atom. The SMILES string of the molecule is CC(Cl)C(=O)N1CC2(CCC2(F)F)C1. The molecule has 2 rings (SSSR count). The maximum Gasteiger partial charge on any atom is 0.257 e. The van der Waals surface area contributed by atoms with Crippen molar-refractivity contribution in [1.29, 1.82) is 0 Å². The van der Waals surface area contributed by atoms with E-state index in [1.807, 2.05) is 0 Å². The summed E-state index contributed by atoms with van der Waals surface area (Å²) in [5, 5.41) is -0.610. The highest BCUT2D eigenvalue weighted by Crippen LogP contribution is 2.58. The largest absolute Gasteiger partial charge is 0.340 e. The van der Waals surface area contributed by atoms with Gasteiger partial charge >= 0.3 is 0 Å². The third kappa shape index (κ3) is 1.16. The Morgan fingerprint density at radius 3 is 2.29 bits per heavy atom. The average molecular weight is 224 g/mol. The van der Waals surface area contributed by atoms with E-state index in [0.29, 0.717) is 6.42 Å². The van der Waals surface area contributed by atoms with Crippen molar-refractivity contribution in [2.75, 3.05) is 13.1 Å². The van der Waals surface area contributed by atoms with E-state index in [1.165, 1.54) is 4.90 Å². The number of halogens is 3. The monoisotopic (exact) mass is 223 g/mol. The summed E-state index contributed by atoms with van der Waals surface area (Å²) in [6, 6.07) is 0.